The third-order valence-electron chi connectivity index (χ3n) is 3.04. The van der Waals surface area contributed by atoms with Crippen molar-refractivity contribution in [3.8, 4) is 11.2 Å². The number of nitrogens with zero attached hydrogens (tertiary/aromatic N) is 1. The molecule has 2 nitrogen and oxygen atoms in total. The van der Waals surface area contributed by atoms with Crippen molar-refractivity contribution in [1.82, 2.24) is 0 Å². The highest BCUT2D eigenvalue weighted by Crippen LogP contribution is 2.34. The molecule has 0 spiro atoms. The summed E-state index contributed by atoms with van der Waals surface area (Å²) in [6, 6.07) is 6.16. The number of benzene rings is 1. The molecule has 1 atom stereocenters. The molecule has 0 N–H and O–H groups in total. The average Bonchev–Trinajstić information content (AvgIpc) is 2.35. The lowest BCUT2D eigenvalue weighted by atomic mass is 9.90. The van der Waals surface area contributed by atoms with Gasteiger partial charge in [-0.15, -0.1) is 0 Å². The van der Waals surface area contributed by atoms with Gasteiger partial charge >= 0.3 is 0 Å². The minimum atomic E-state index is 0.479. The van der Waals surface area contributed by atoms with Crippen molar-refractivity contribution in [2.24, 2.45) is 0 Å². The summed E-state index contributed by atoms with van der Waals surface area (Å²) in [5.41, 5.74) is 2.58. The average molecular weight is 249 g/mol. The second-order valence-corrected chi connectivity index (χ2v) is 4.90. The van der Waals surface area contributed by atoms with Crippen molar-refractivity contribution in [3.05, 3.63) is 29.3 Å². The third kappa shape index (κ3) is 3.67. The lowest BCUT2D eigenvalue weighted by molar-refractivity contribution is 0.403. The SMILES string of the molecule is CCC(CCSC#N)c1c(C)cccc1OC. The summed E-state index contributed by atoms with van der Waals surface area (Å²) < 4.78 is 5.44. The monoisotopic (exact) mass is 249 g/mol. The quantitative estimate of drug-likeness (QED) is 0.562. The maximum Gasteiger partial charge on any atom is 0.133 e. The van der Waals surface area contributed by atoms with Crippen LogP contribution in [-0.2, 0) is 0 Å². The van der Waals surface area contributed by atoms with E-state index in [1.165, 1.54) is 22.9 Å². The lowest BCUT2D eigenvalue weighted by Crippen LogP contribution is -2.04. The van der Waals surface area contributed by atoms with E-state index in [0.717, 1.165) is 24.3 Å². The fourth-order valence-electron chi connectivity index (χ4n) is 2.15. The van der Waals surface area contributed by atoms with Crippen molar-refractivity contribution >= 4 is 11.8 Å². The van der Waals surface area contributed by atoms with Gasteiger partial charge in [-0.1, -0.05) is 19.1 Å². The minimum Gasteiger partial charge on any atom is -0.496 e. The highest BCUT2D eigenvalue weighted by molar-refractivity contribution is 8.03. The Balaban J connectivity index is 2.90. The van der Waals surface area contributed by atoms with Crippen molar-refractivity contribution < 1.29 is 4.74 Å². The molecule has 0 aliphatic heterocycles. The Morgan fingerprint density at radius 3 is 2.82 bits per heavy atom. The second-order valence-electron chi connectivity index (χ2n) is 4.02. The van der Waals surface area contributed by atoms with Crippen LogP contribution in [0.15, 0.2) is 18.2 Å². The van der Waals surface area contributed by atoms with E-state index in [2.05, 4.69) is 25.3 Å². The van der Waals surface area contributed by atoms with E-state index in [1.807, 2.05) is 12.1 Å². The van der Waals surface area contributed by atoms with Gasteiger partial charge in [0.2, 0.25) is 0 Å². The van der Waals surface area contributed by atoms with E-state index in [4.69, 9.17) is 10.00 Å². The Bertz CT molecular complexity index is 398. The Labute approximate surface area is 108 Å². The van der Waals surface area contributed by atoms with Crippen molar-refractivity contribution in [3.63, 3.8) is 0 Å². The maximum absolute atomic E-state index is 8.57. The molecule has 0 aliphatic rings. The van der Waals surface area contributed by atoms with E-state index >= 15 is 0 Å². The zero-order valence-corrected chi connectivity index (χ0v) is 11.5. The van der Waals surface area contributed by atoms with Gasteiger partial charge in [0.05, 0.1) is 7.11 Å². The Hall–Kier alpha value is -1.14. The summed E-state index contributed by atoms with van der Waals surface area (Å²) in [5, 5.41) is 10.7. The second kappa shape index (κ2) is 7.24. The molecule has 1 aromatic carbocycles. The molecule has 0 heterocycles. The van der Waals surface area contributed by atoms with Gasteiger partial charge in [0.15, 0.2) is 0 Å². The number of aryl methyl sites for hydroxylation is 1. The van der Waals surface area contributed by atoms with Gasteiger partial charge in [-0.05, 0) is 49.1 Å². The Morgan fingerprint density at radius 2 is 2.24 bits per heavy atom. The summed E-state index contributed by atoms with van der Waals surface area (Å²) in [5.74, 6) is 2.33. The van der Waals surface area contributed by atoms with E-state index in [1.54, 1.807) is 7.11 Å². The molecule has 1 rings (SSSR count). The molecule has 0 bridgehead atoms. The van der Waals surface area contributed by atoms with Crippen LogP contribution < -0.4 is 4.74 Å². The first kappa shape index (κ1) is 13.9. The number of thiocyanates is 1. The zero-order valence-electron chi connectivity index (χ0n) is 10.7. The molecule has 1 aromatic rings. The molecule has 0 aliphatic carbocycles. The molecule has 0 fully saturated rings. The molecule has 17 heavy (non-hydrogen) atoms. The van der Waals surface area contributed by atoms with Gasteiger partial charge in [-0.3, -0.25) is 0 Å². The van der Waals surface area contributed by atoms with E-state index in [-0.39, 0.29) is 0 Å². The van der Waals surface area contributed by atoms with Gasteiger partial charge in [0.25, 0.3) is 0 Å². The topological polar surface area (TPSA) is 33.0 Å². The number of hydrogen-bond donors (Lipinski definition) is 0. The van der Waals surface area contributed by atoms with Gasteiger partial charge in [0.1, 0.15) is 11.2 Å². The van der Waals surface area contributed by atoms with Crippen LogP contribution in [0.25, 0.3) is 0 Å². The summed E-state index contributed by atoms with van der Waals surface area (Å²) in [4.78, 5) is 0. The highest BCUT2D eigenvalue weighted by atomic mass is 32.2. The standard InChI is InChI=1S/C14H19NOS/c1-4-12(8-9-17-10-15)14-11(2)6-5-7-13(14)16-3/h5-7,12H,4,8-9H2,1-3H3. The number of nitriles is 1. The predicted molar refractivity (Wildman–Crippen MR) is 73.5 cm³/mol. The Kier molecular flexibility index (Phi) is 5.93. The fourth-order valence-corrected chi connectivity index (χ4v) is 2.65. The van der Waals surface area contributed by atoms with Gasteiger partial charge in [-0.25, -0.2) is 0 Å². The van der Waals surface area contributed by atoms with Crippen LogP contribution in [0.4, 0.5) is 0 Å². The first-order valence-electron chi connectivity index (χ1n) is 5.89. The van der Waals surface area contributed by atoms with Gasteiger partial charge in [0, 0.05) is 11.3 Å². The molecule has 0 saturated heterocycles. The molecule has 1 unspecified atom stereocenters. The van der Waals surface area contributed by atoms with Crippen LogP contribution in [0, 0.1) is 17.6 Å². The molecule has 0 amide bonds. The summed E-state index contributed by atoms with van der Waals surface area (Å²) >= 11 is 1.33. The van der Waals surface area contributed by atoms with Crippen LogP contribution in [0.2, 0.25) is 0 Å². The third-order valence-corrected chi connectivity index (χ3v) is 3.61. The summed E-state index contributed by atoms with van der Waals surface area (Å²) in [7, 11) is 1.72. The van der Waals surface area contributed by atoms with Crippen LogP contribution in [0.1, 0.15) is 36.8 Å². The number of hydrogen-bond acceptors (Lipinski definition) is 3. The van der Waals surface area contributed by atoms with Crippen molar-refractivity contribution in [2.75, 3.05) is 12.9 Å². The molecule has 0 radical (unpaired) electrons. The maximum atomic E-state index is 8.57. The van der Waals surface area contributed by atoms with Crippen LogP contribution in [-0.4, -0.2) is 12.9 Å². The lowest BCUT2D eigenvalue weighted by Gasteiger charge is -2.20. The van der Waals surface area contributed by atoms with Crippen LogP contribution in [0.3, 0.4) is 0 Å². The van der Waals surface area contributed by atoms with E-state index < -0.39 is 0 Å². The summed E-state index contributed by atoms with van der Waals surface area (Å²) in [6.07, 6.45) is 2.10. The van der Waals surface area contributed by atoms with Crippen LogP contribution >= 0.6 is 11.8 Å². The highest BCUT2D eigenvalue weighted by Gasteiger charge is 2.16. The number of ether oxygens (including phenoxy) is 1. The molecule has 0 aromatic heterocycles. The minimum absolute atomic E-state index is 0.479. The van der Waals surface area contributed by atoms with Crippen molar-refractivity contribution in [2.45, 2.75) is 32.6 Å². The largest absolute Gasteiger partial charge is 0.496 e. The molecule has 3 heteroatoms. The first-order valence-corrected chi connectivity index (χ1v) is 6.87. The zero-order chi connectivity index (χ0) is 12.7. The van der Waals surface area contributed by atoms with E-state index in [0.29, 0.717) is 5.92 Å². The fraction of sp³-hybridized carbons (Fsp3) is 0.500. The summed E-state index contributed by atoms with van der Waals surface area (Å²) in [6.45, 7) is 4.31. The predicted octanol–water partition coefficient (Wildman–Crippen LogP) is 4.10. The van der Waals surface area contributed by atoms with Crippen molar-refractivity contribution in [1.29, 1.82) is 5.26 Å². The molecule has 0 saturated carbocycles. The first-order chi connectivity index (χ1) is 8.24. The molecule has 92 valence electrons. The van der Waals surface area contributed by atoms with Crippen LogP contribution in [0.5, 0.6) is 5.75 Å². The molecular weight excluding hydrogens is 230 g/mol. The number of methoxy groups -OCH3 is 1. The van der Waals surface area contributed by atoms with Gasteiger partial charge < -0.3 is 4.74 Å². The van der Waals surface area contributed by atoms with E-state index in [9.17, 15) is 0 Å². The number of thioether (sulfide) groups is 1. The normalized spacial score (nSPS) is 11.9. The smallest absolute Gasteiger partial charge is 0.133 e. The Morgan fingerprint density at radius 1 is 1.47 bits per heavy atom. The van der Waals surface area contributed by atoms with Gasteiger partial charge in [-0.2, -0.15) is 5.26 Å². The molecular formula is C14H19NOS. The number of rotatable bonds is 6.